The van der Waals surface area contributed by atoms with Gasteiger partial charge in [0, 0.05) is 43.5 Å². The number of fused-ring (bicyclic) bond motifs is 1. The maximum Gasteiger partial charge on any atom is 0.262 e. The Morgan fingerprint density at radius 1 is 1.07 bits per heavy atom. The number of hydrogen-bond donors (Lipinski definition) is 1. The van der Waals surface area contributed by atoms with Crippen molar-refractivity contribution in [1.82, 2.24) is 28.7 Å². The minimum Gasteiger partial charge on any atom is -0.593 e. The van der Waals surface area contributed by atoms with Crippen LogP contribution in [-0.2, 0) is 11.4 Å². The van der Waals surface area contributed by atoms with Gasteiger partial charge in [0.1, 0.15) is 11.4 Å². The van der Waals surface area contributed by atoms with Crippen LogP contribution in [0.15, 0.2) is 78.1 Å². The molecule has 0 spiro atoms. The lowest BCUT2D eigenvalue weighted by Gasteiger charge is -2.30. The fourth-order valence-corrected chi connectivity index (χ4v) is 6.02. The highest BCUT2D eigenvalue weighted by atomic mass is 32.2. The third-order valence-electron chi connectivity index (χ3n) is 6.97. The highest BCUT2D eigenvalue weighted by Gasteiger charge is 2.31. The van der Waals surface area contributed by atoms with Gasteiger partial charge in [-0.3, -0.25) is 4.79 Å². The van der Waals surface area contributed by atoms with Gasteiger partial charge in [-0.25, -0.2) is 23.0 Å². The molecule has 12 heteroatoms. The Balaban J connectivity index is 1.23. The van der Waals surface area contributed by atoms with Crippen molar-refractivity contribution < 1.29 is 18.1 Å². The minimum atomic E-state index is -1.60. The van der Waals surface area contributed by atoms with Gasteiger partial charge in [0.15, 0.2) is 22.2 Å². The molecule has 0 bridgehead atoms. The first kappa shape index (κ1) is 26.1. The van der Waals surface area contributed by atoms with Crippen LogP contribution in [0.3, 0.4) is 0 Å². The summed E-state index contributed by atoms with van der Waals surface area (Å²) in [5.41, 5.74) is 3.48. The molecule has 0 aliphatic carbocycles. The molecule has 1 fully saturated rings. The van der Waals surface area contributed by atoms with Crippen LogP contribution in [0, 0.1) is 18.6 Å². The second-order valence-electron chi connectivity index (χ2n) is 9.63. The van der Waals surface area contributed by atoms with Crippen molar-refractivity contribution in [1.29, 1.82) is 0 Å². The summed E-state index contributed by atoms with van der Waals surface area (Å²) >= 11 is -1.60. The molecule has 0 radical (unpaired) electrons. The Bertz CT molecular complexity index is 1680. The smallest absolute Gasteiger partial charge is 0.262 e. The van der Waals surface area contributed by atoms with Gasteiger partial charge in [-0.15, -0.1) is 4.31 Å². The number of carbonyl (C=O) groups excluding carboxylic acids is 1. The quantitative estimate of drug-likeness (QED) is 0.303. The Morgan fingerprint density at radius 2 is 1.85 bits per heavy atom. The fourth-order valence-electron chi connectivity index (χ4n) is 4.79. The number of nitrogens with one attached hydrogen (secondary N) is 1. The summed E-state index contributed by atoms with van der Waals surface area (Å²) in [6, 6.07) is 14.7. The van der Waals surface area contributed by atoms with Crippen LogP contribution in [0.5, 0.6) is 0 Å². The van der Waals surface area contributed by atoms with Crippen LogP contribution in [0.4, 0.5) is 14.6 Å². The monoisotopic (exact) mass is 561 g/mol. The van der Waals surface area contributed by atoms with Gasteiger partial charge in [0.05, 0.1) is 28.9 Å². The zero-order valence-corrected chi connectivity index (χ0v) is 22.3. The molecule has 1 N–H and O–H groups in total. The zero-order chi connectivity index (χ0) is 27.8. The van der Waals surface area contributed by atoms with Crippen molar-refractivity contribution >= 4 is 28.7 Å². The average molecular weight is 562 g/mol. The number of nitrogens with zero attached hydrogens (tertiary/aromatic N) is 6. The van der Waals surface area contributed by atoms with E-state index in [9.17, 15) is 18.1 Å². The molecule has 1 saturated heterocycles. The van der Waals surface area contributed by atoms with E-state index in [1.165, 1.54) is 16.8 Å². The predicted octanol–water partition coefficient (Wildman–Crippen LogP) is 4.66. The molecule has 1 aliphatic heterocycles. The van der Waals surface area contributed by atoms with Crippen molar-refractivity contribution in [3.8, 4) is 5.69 Å². The van der Waals surface area contributed by atoms with Crippen LogP contribution in [-0.4, -0.2) is 52.2 Å². The van der Waals surface area contributed by atoms with Crippen LogP contribution >= 0.6 is 0 Å². The van der Waals surface area contributed by atoms with E-state index in [1.807, 2.05) is 37.3 Å². The van der Waals surface area contributed by atoms with Crippen molar-refractivity contribution in [2.45, 2.75) is 30.6 Å². The average Bonchev–Trinajstić information content (AvgIpc) is 3.59. The van der Waals surface area contributed by atoms with Crippen LogP contribution in [0.25, 0.3) is 11.3 Å². The number of carbonyl (C=O) groups is 1. The molecule has 0 saturated carbocycles. The molecule has 1 amide bonds. The summed E-state index contributed by atoms with van der Waals surface area (Å²) in [5.74, 6) is -1.78. The van der Waals surface area contributed by atoms with E-state index in [2.05, 4.69) is 15.4 Å². The molecule has 40 heavy (non-hydrogen) atoms. The van der Waals surface area contributed by atoms with Gasteiger partial charge in [0.2, 0.25) is 0 Å². The lowest BCUT2D eigenvalue weighted by Crippen LogP contribution is -2.38. The normalized spacial score (nSPS) is 15.4. The van der Waals surface area contributed by atoms with Gasteiger partial charge in [-0.2, -0.15) is 10.2 Å². The maximum absolute atomic E-state index is 13.7. The van der Waals surface area contributed by atoms with Gasteiger partial charge in [-0.05, 0) is 50.1 Å². The molecule has 1 aliphatic rings. The van der Waals surface area contributed by atoms with Crippen LogP contribution < -0.4 is 5.32 Å². The largest absolute Gasteiger partial charge is 0.593 e. The lowest BCUT2D eigenvalue weighted by atomic mass is 9.95. The number of anilines is 1. The van der Waals surface area contributed by atoms with E-state index in [-0.39, 0.29) is 16.7 Å². The molecule has 1 unspecified atom stereocenters. The highest BCUT2D eigenvalue weighted by Crippen LogP contribution is 2.33. The summed E-state index contributed by atoms with van der Waals surface area (Å²) in [6.45, 7) is 2.98. The second-order valence-corrected chi connectivity index (χ2v) is 11.1. The first-order chi connectivity index (χ1) is 19.4. The van der Waals surface area contributed by atoms with E-state index >= 15 is 0 Å². The number of piperidine rings is 1. The first-order valence-electron chi connectivity index (χ1n) is 12.8. The predicted molar refractivity (Wildman–Crippen MR) is 146 cm³/mol. The van der Waals surface area contributed by atoms with Crippen LogP contribution in [0.1, 0.15) is 40.4 Å². The van der Waals surface area contributed by atoms with E-state index in [0.29, 0.717) is 43.0 Å². The standard InChI is InChI=1S/C28H25F2N7O2S/c1-18-3-5-20(6-4-18)37-26(33-28(38)22-17-32-36-12-2-11-31-27(22)36)16-25(34-37)19-9-13-35(14-10-19)40(39)21-7-8-23(29)24(30)15-21/h2-8,11-12,15-17,19H,9-10,13-14H2,1H3,(H,33,38). The number of halogens is 2. The molecular weight excluding hydrogens is 536 g/mol. The Morgan fingerprint density at radius 3 is 2.60 bits per heavy atom. The molecule has 3 aromatic heterocycles. The SMILES string of the molecule is Cc1ccc(-n2nc(C3CCN([S+]([O-])c4ccc(F)c(F)c4)CC3)cc2NC(=O)c2cnn3cccnc23)cc1. The van der Waals surface area contributed by atoms with Crippen LogP contribution in [0.2, 0.25) is 0 Å². The molecular formula is C28H25F2N7O2S. The van der Waals surface area contributed by atoms with Crippen molar-refractivity contribution in [2.24, 2.45) is 0 Å². The summed E-state index contributed by atoms with van der Waals surface area (Å²) in [6.07, 6.45) is 6.12. The molecule has 1 atom stereocenters. The lowest BCUT2D eigenvalue weighted by molar-refractivity contribution is 0.102. The maximum atomic E-state index is 13.7. The number of benzene rings is 2. The Kier molecular flexibility index (Phi) is 7.05. The summed E-state index contributed by atoms with van der Waals surface area (Å²) in [7, 11) is 0. The van der Waals surface area contributed by atoms with Gasteiger partial charge >= 0.3 is 0 Å². The number of rotatable bonds is 6. The molecule has 2 aromatic carbocycles. The molecule has 9 nitrogen and oxygen atoms in total. The number of hydrogen-bond acceptors (Lipinski definition) is 6. The van der Waals surface area contributed by atoms with Gasteiger partial charge < -0.3 is 9.87 Å². The minimum absolute atomic E-state index is 0.0548. The number of aryl methyl sites for hydroxylation is 1. The second kappa shape index (κ2) is 10.8. The molecule has 4 heterocycles. The third kappa shape index (κ3) is 5.08. The zero-order valence-electron chi connectivity index (χ0n) is 21.5. The van der Waals surface area contributed by atoms with Gasteiger partial charge in [-0.1, -0.05) is 17.7 Å². The van der Waals surface area contributed by atoms with Crippen molar-refractivity contribution in [2.75, 3.05) is 18.4 Å². The Labute approximate surface area is 231 Å². The van der Waals surface area contributed by atoms with E-state index in [4.69, 9.17) is 5.10 Å². The van der Waals surface area contributed by atoms with Crippen molar-refractivity contribution in [3.05, 3.63) is 102 Å². The summed E-state index contributed by atoms with van der Waals surface area (Å²) in [4.78, 5) is 17.8. The molecule has 204 valence electrons. The van der Waals surface area contributed by atoms with Gasteiger partial charge in [0.25, 0.3) is 5.91 Å². The fraction of sp³-hybridized carbons (Fsp3) is 0.214. The summed E-state index contributed by atoms with van der Waals surface area (Å²) < 4.78 is 45.0. The van der Waals surface area contributed by atoms with E-state index < -0.39 is 23.0 Å². The Hall–Kier alpha value is -4.13. The van der Waals surface area contributed by atoms with Crippen molar-refractivity contribution in [3.63, 3.8) is 0 Å². The third-order valence-corrected chi connectivity index (χ3v) is 8.46. The highest BCUT2D eigenvalue weighted by molar-refractivity contribution is 7.89. The number of amides is 1. The molecule has 6 rings (SSSR count). The first-order valence-corrected chi connectivity index (χ1v) is 13.9. The van der Waals surface area contributed by atoms with E-state index in [1.54, 1.807) is 27.4 Å². The molecule has 5 aromatic rings. The topological polar surface area (TPSA) is 103 Å². The number of aromatic nitrogens is 5. The summed E-state index contributed by atoms with van der Waals surface area (Å²) in [5, 5.41) is 12.0. The van der Waals surface area contributed by atoms with E-state index in [0.717, 1.165) is 29.1 Å².